The smallest absolute Gasteiger partial charge is 0.333 e. The number of nitrogens with one attached hydrogen (secondary N) is 1. The van der Waals surface area contributed by atoms with Crippen LogP contribution in [0.3, 0.4) is 0 Å². The lowest BCUT2D eigenvalue weighted by molar-refractivity contribution is -0.385. The average molecular weight is 327 g/mol. The molecule has 0 bridgehead atoms. The van der Waals surface area contributed by atoms with Crippen molar-refractivity contribution < 1.29 is 9.66 Å². The van der Waals surface area contributed by atoms with Crippen LogP contribution in [-0.4, -0.2) is 11.5 Å². The number of thiophene rings is 1. The summed E-state index contributed by atoms with van der Waals surface area (Å²) in [6.07, 6.45) is 0.794. The molecule has 2 rings (SSSR count). The van der Waals surface area contributed by atoms with E-state index < -0.39 is 4.92 Å². The van der Waals surface area contributed by atoms with Crippen molar-refractivity contribution in [2.75, 3.05) is 11.9 Å². The summed E-state index contributed by atoms with van der Waals surface area (Å²) >= 11 is 7.31. The van der Waals surface area contributed by atoms with Crippen LogP contribution in [0.5, 0.6) is 5.75 Å². The van der Waals surface area contributed by atoms with E-state index in [1.165, 1.54) is 11.3 Å². The second-order valence-electron chi connectivity index (χ2n) is 4.32. The fourth-order valence-electron chi connectivity index (χ4n) is 1.81. The van der Waals surface area contributed by atoms with E-state index in [2.05, 4.69) is 5.32 Å². The van der Waals surface area contributed by atoms with E-state index in [1.807, 2.05) is 13.0 Å². The van der Waals surface area contributed by atoms with Crippen LogP contribution in [0.4, 0.5) is 11.4 Å². The summed E-state index contributed by atoms with van der Waals surface area (Å²) in [7, 11) is 0. The minimum absolute atomic E-state index is 0.0337. The summed E-state index contributed by atoms with van der Waals surface area (Å²) < 4.78 is 6.14. The number of halogens is 1. The topological polar surface area (TPSA) is 64.4 Å². The Morgan fingerprint density at radius 3 is 2.81 bits per heavy atom. The van der Waals surface area contributed by atoms with Gasteiger partial charge in [0.2, 0.25) is 0 Å². The van der Waals surface area contributed by atoms with E-state index in [-0.39, 0.29) is 11.4 Å². The van der Waals surface area contributed by atoms with Crippen LogP contribution in [0.2, 0.25) is 4.34 Å². The summed E-state index contributed by atoms with van der Waals surface area (Å²) in [5, 5.41) is 14.4. The third-order valence-corrected chi connectivity index (χ3v) is 3.96. The van der Waals surface area contributed by atoms with E-state index in [1.54, 1.807) is 24.3 Å². The fraction of sp³-hybridized carbons (Fsp3) is 0.286. The van der Waals surface area contributed by atoms with Crippen LogP contribution in [0.15, 0.2) is 30.3 Å². The van der Waals surface area contributed by atoms with Gasteiger partial charge in [-0.3, -0.25) is 10.1 Å². The Morgan fingerprint density at radius 2 is 2.19 bits per heavy atom. The van der Waals surface area contributed by atoms with Crippen molar-refractivity contribution in [3.8, 4) is 5.75 Å². The summed E-state index contributed by atoms with van der Waals surface area (Å²) in [5.41, 5.74) is 0.409. The first-order valence-corrected chi connectivity index (χ1v) is 7.69. The summed E-state index contributed by atoms with van der Waals surface area (Å²) in [4.78, 5) is 11.9. The highest BCUT2D eigenvalue weighted by Gasteiger charge is 2.20. The zero-order valence-electron chi connectivity index (χ0n) is 11.5. The molecule has 0 aliphatic heterocycles. The molecule has 21 heavy (non-hydrogen) atoms. The lowest BCUT2D eigenvalue weighted by atomic mass is 10.2. The van der Waals surface area contributed by atoms with Gasteiger partial charge in [0, 0.05) is 11.4 Å². The van der Waals surface area contributed by atoms with Gasteiger partial charge in [-0.05, 0) is 30.7 Å². The zero-order valence-corrected chi connectivity index (χ0v) is 13.0. The molecule has 0 saturated carbocycles. The molecular weight excluding hydrogens is 312 g/mol. The van der Waals surface area contributed by atoms with E-state index >= 15 is 0 Å². The predicted molar refractivity (Wildman–Crippen MR) is 85.5 cm³/mol. The van der Waals surface area contributed by atoms with E-state index in [4.69, 9.17) is 16.3 Å². The Bertz CT molecular complexity index is 630. The summed E-state index contributed by atoms with van der Waals surface area (Å²) in [6.45, 7) is 2.88. The molecule has 0 aliphatic carbocycles. The molecule has 0 spiro atoms. The quantitative estimate of drug-likeness (QED) is 0.591. The van der Waals surface area contributed by atoms with Crippen LogP contribution in [-0.2, 0) is 6.54 Å². The molecule has 5 nitrogen and oxygen atoms in total. The van der Waals surface area contributed by atoms with Crippen molar-refractivity contribution in [2.45, 2.75) is 19.9 Å². The average Bonchev–Trinajstić information content (AvgIpc) is 2.88. The first-order valence-electron chi connectivity index (χ1n) is 6.50. The molecule has 1 aromatic carbocycles. The SMILES string of the molecule is CCCOc1cccc(NCc2ccc(Cl)s2)c1[N+](=O)[O-]. The van der Waals surface area contributed by atoms with Gasteiger partial charge in [0.15, 0.2) is 5.75 Å². The van der Waals surface area contributed by atoms with Crippen molar-refractivity contribution in [1.82, 2.24) is 0 Å². The molecule has 0 unspecified atom stereocenters. The molecule has 7 heteroatoms. The van der Waals surface area contributed by atoms with Gasteiger partial charge in [0.1, 0.15) is 5.69 Å². The standard InChI is InChI=1S/C14H15ClN2O3S/c1-2-8-20-12-5-3-4-11(14(12)17(18)19)16-9-10-6-7-13(15)21-10/h3-7,16H,2,8-9H2,1H3. The highest BCUT2D eigenvalue weighted by molar-refractivity contribution is 7.16. The number of benzene rings is 1. The number of nitro benzene ring substituents is 1. The van der Waals surface area contributed by atoms with Crippen LogP contribution in [0, 0.1) is 10.1 Å². The van der Waals surface area contributed by atoms with Gasteiger partial charge in [-0.15, -0.1) is 11.3 Å². The third kappa shape index (κ3) is 4.09. The fourth-order valence-corrected chi connectivity index (χ4v) is 2.84. The van der Waals surface area contributed by atoms with Gasteiger partial charge < -0.3 is 10.1 Å². The number of para-hydroxylation sites is 1. The monoisotopic (exact) mass is 326 g/mol. The Hall–Kier alpha value is -1.79. The number of anilines is 1. The Labute approximate surface area is 131 Å². The number of hydrogen-bond donors (Lipinski definition) is 1. The largest absolute Gasteiger partial charge is 0.487 e. The van der Waals surface area contributed by atoms with Crippen LogP contribution < -0.4 is 10.1 Å². The number of nitro groups is 1. The maximum absolute atomic E-state index is 11.3. The van der Waals surface area contributed by atoms with Gasteiger partial charge in [-0.1, -0.05) is 24.6 Å². The Balaban J connectivity index is 2.19. The normalized spacial score (nSPS) is 10.4. The van der Waals surface area contributed by atoms with E-state index in [0.717, 1.165) is 11.3 Å². The second kappa shape index (κ2) is 7.28. The molecule has 1 heterocycles. The van der Waals surface area contributed by atoms with Gasteiger partial charge >= 0.3 is 5.69 Å². The summed E-state index contributed by atoms with van der Waals surface area (Å²) in [5.74, 6) is 0.288. The molecule has 0 atom stereocenters. The predicted octanol–water partition coefficient (Wildman–Crippen LogP) is 4.71. The highest BCUT2D eigenvalue weighted by Crippen LogP contribution is 2.35. The zero-order chi connectivity index (χ0) is 15.2. The molecular formula is C14H15ClN2O3S. The Morgan fingerprint density at radius 1 is 1.38 bits per heavy atom. The van der Waals surface area contributed by atoms with Crippen molar-refractivity contribution in [2.24, 2.45) is 0 Å². The molecule has 0 fully saturated rings. The van der Waals surface area contributed by atoms with E-state index in [9.17, 15) is 10.1 Å². The number of ether oxygens (including phenoxy) is 1. The number of rotatable bonds is 7. The van der Waals surface area contributed by atoms with Crippen LogP contribution >= 0.6 is 22.9 Å². The van der Waals surface area contributed by atoms with Gasteiger partial charge in [0.25, 0.3) is 0 Å². The Kier molecular flexibility index (Phi) is 5.41. The molecule has 1 aromatic heterocycles. The van der Waals surface area contributed by atoms with Crippen molar-refractivity contribution in [3.05, 3.63) is 49.7 Å². The van der Waals surface area contributed by atoms with Crippen molar-refractivity contribution in [1.29, 1.82) is 0 Å². The molecule has 2 aromatic rings. The van der Waals surface area contributed by atoms with Gasteiger partial charge in [0.05, 0.1) is 15.9 Å². The molecule has 0 saturated heterocycles. The number of nitrogens with zero attached hydrogens (tertiary/aromatic N) is 1. The maximum atomic E-state index is 11.3. The van der Waals surface area contributed by atoms with Crippen molar-refractivity contribution in [3.63, 3.8) is 0 Å². The molecule has 0 amide bonds. The van der Waals surface area contributed by atoms with Gasteiger partial charge in [-0.2, -0.15) is 0 Å². The summed E-state index contributed by atoms with van der Waals surface area (Å²) in [6, 6.07) is 8.72. The van der Waals surface area contributed by atoms with Gasteiger partial charge in [-0.25, -0.2) is 0 Å². The van der Waals surface area contributed by atoms with Crippen LogP contribution in [0.25, 0.3) is 0 Å². The highest BCUT2D eigenvalue weighted by atomic mass is 35.5. The maximum Gasteiger partial charge on any atom is 0.333 e. The van der Waals surface area contributed by atoms with Crippen LogP contribution in [0.1, 0.15) is 18.2 Å². The third-order valence-electron chi connectivity index (χ3n) is 2.73. The molecule has 112 valence electrons. The molecule has 1 N–H and O–H groups in total. The minimum atomic E-state index is -0.422. The van der Waals surface area contributed by atoms with Crippen molar-refractivity contribution >= 4 is 34.3 Å². The first kappa shape index (κ1) is 15.6. The second-order valence-corrected chi connectivity index (χ2v) is 6.12. The molecule has 0 aliphatic rings. The minimum Gasteiger partial charge on any atom is -0.487 e. The lowest BCUT2D eigenvalue weighted by Gasteiger charge is -2.10. The lowest BCUT2D eigenvalue weighted by Crippen LogP contribution is -2.04. The first-order chi connectivity index (χ1) is 10.1. The molecule has 0 radical (unpaired) electrons. The number of hydrogen-bond acceptors (Lipinski definition) is 5. The van der Waals surface area contributed by atoms with E-state index in [0.29, 0.717) is 23.2 Å².